The quantitative estimate of drug-likeness (QED) is 0.649. The van der Waals surface area contributed by atoms with Crippen LogP contribution in [-0.2, 0) is 11.8 Å². The van der Waals surface area contributed by atoms with E-state index in [4.69, 9.17) is 0 Å². The average molecular weight is 392 g/mol. The van der Waals surface area contributed by atoms with Gasteiger partial charge in [0.2, 0.25) is 5.91 Å². The molecule has 8 nitrogen and oxygen atoms in total. The number of nitrogens with zero attached hydrogens (tertiary/aromatic N) is 4. The summed E-state index contributed by atoms with van der Waals surface area (Å²) in [5.74, 6) is -0.804. The summed E-state index contributed by atoms with van der Waals surface area (Å²) < 4.78 is 1.67. The van der Waals surface area contributed by atoms with E-state index < -0.39 is 0 Å². The zero-order valence-corrected chi connectivity index (χ0v) is 16.6. The second-order valence-corrected chi connectivity index (χ2v) is 7.56. The van der Waals surface area contributed by atoms with Gasteiger partial charge in [0.05, 0.1) is 22.8 Å². The minimum absolute atomic E-state index is 0.0172. The second kappa shape index (κ2) is 7.98. The van der Waals surface area contributed by atoms with Crippen LogP contribution in [0.2, 0.25) is 0 Å². The van der Waals surface area contributed by atoms with E-state index in [1.165, 1.54) is 0 Å². The summed E-state index contributed by atoms with van der Waals surface area (Å²) in [6, 6.07) is 5.41. The Labute approximate surface area is 168 Å². The lowest BCUT2D eigenvalue weighted by Gasteiger charge is -2.29. The van der Waals surface area contributed by atoms with Crippen LogP contribution in [0.25, 0.3) is 11.4 Å². The zero-order valence-electron chi connectivity index (χ0n) is 16.6. The molecule has 1 fully saturated rings. The van der Waals surface area contributed by atoms with Crippen LogP contribution in [0.1, 0.15) is 41.7 Å². The van der Waals surface area contributed by atoms with Crippen molar-refractivity contribution in [2.75, 3.05) is 5.32 Å². The molecule has 0 spiro atoms. The van der Waals surface area contributed by atoms with Crippen LogP contribution in [0.4, 0.5) is 5.69 Å². The topological polar surface area (TPSA) is 106 Å². The number of carbonyl (C=O) groups is 2. The first kappa shape index (κ1) is 19.0. The molecular weight excluding hydrogens is 368 g/mol. The van der Waals surface area contributed by atoms with Crippen LogP contribution in [0, 0.1) is 18.8 Å². The Kier molecular flexibility index (Phi) is 5.24. The summed E-state index contributed by atoms with van der Waals surface area (Å²) in [6.07, 6.45) is 8.35. The van der Waals surface area contributed by atoms with Gasteiger partial charge in [0.25, 0.3) is 0 Å². The molecule has 1 saturated carbocycles. The molecule has 1 aliphatic rings. The van der Waals surface area contributed by atoms with Crippen molar-refractivity contribution in [2.45, 2.75) is 32.6 Å². The molecule has 3 heterocycles. The van der Waals surface area contributed by atoms with Crippen LogP contribution in [0.3, 0.4) is 0 Å². The molecule has 2 N–H and O–H groups in total. The first-order chi connectivity index (χ1) is 14.0. The van der Waals surface area contributed by atoms with Gasteiger partial charge in [-0.15, -0.1) is 0 Å². The normalized spacial score (nSPS) is 19.1. The van der Waals surface area contributed by atoms with Gasteiger partial charge in [-0.3, -0.25) is 24.4 Å². The molecule has 0 bridgehead atoms. The number of rotatable bonds is 5. The Hall–Kier alpha value is -3.29. The summed E-state index contributed by atoms with van der Waals surface area (Å²) in [4.78, 5) is 30.5. The molecule has 29 heavy (non-hydrogen) atoms. The predicted octanol–water partition coefficient (Wildman–Crippen LogP) is 3.14. The number of anilines is 1. The molecule has 0 unspecified atom stereocenters. The molecule has 1 aliphatic carbocycles. The van der Waals surface area contributed by atoms with Crippen molar-refractivity contribution in [2.24, 2.45) is 18.9 Å². The summed E-state index contributed by atoms with van der Waals surface area (Å²) in [6.45, 7) is 1.85. The van der Waals surface area contributed by atoms with Gasteiger partial charge in [-0.1, -0.05) is 12.8 Å². The van der Waals surface area contributed by atoms with Gasteiger partial charge in [-0.25, -0.2) is 0 Å². The van der Waals surface area contributed by atoms with Crippen molar-refractivity contribution >= 4 is 17.4 Å². The van der Waals surface area contributed by atoms with E-state index in [2.05, 4.69) is 25.6 Å². The van der Waals surface area contributed by atoms with E-state index in [1.807, 2.05) is 20.0 Å². The third-order valence-corrected chi connectivity index (χ3v) is 5.54. The number of nitrogens with one attached hydrogen (secondary N) is 2. The van der Waals surface area contributed by atoms with Crippen molar-refractivity contribution in [3.63, 3.8) is 0 Å². The Bertz CT molecular complexity index is 1010. The highest BCUT2D eigenvalue weighted by atomic mass is 16.2. The first-order valence-corrected chi connectivity index (χ1v) is 9.84. The highest BCUT2D eigenvalue weighted by Crippen LogP contribution is 2.34. The number of aryl methyl sites for hydroxylation is 2. The molecule has 2 atom stereocenters. The fourth-order valence-corrected chi connectivity index (χ4v) is 4.02. The molecule has 0 saturated heterocycles. The second-order valence-electron chi connectivity index (χ2n) is 7.56. The third-order valence-electron chi connectivity index (χ3n) is 5.54. The zero-order chi connectivity index (χ0) is 20.4. The van der Waals surface area contributed by atoms with Crippen molar-refractivity contribution < 1.29 is 9.59 Å². The maximum absolute atomic E-state index is 13.2. The lowest BCUT2D eigenvalue weighted by atomic mass is 9.75. The molecule has 4 rings (SSSR count). The first-order valence-electron chi connectivity index (χ1n) is 9.84. The predicted molar refractivity (Wildman–Crippen MR) is 108 cm³/mol. The minimum atomic E-state index is -0.344. The van der Waals surface area contributed by atoms with Gasteiger partial charge in [0.15, 0.2) is 5.78 Å². The number of amides is 1. The van der Waals surface area contributed by atoms with Crippen molar-refractivity contribution in [3.8, 4) is 11.4 Å². The van der Waals surface area contributed by atoms with E-state index in [1.54, 1.807) is 35.4 Å². The Morgan fingerprint density at radius 3 is 2.59 bits per heavy atom. The van der Waals surface area contributed by atoms with Crippen molar-refractivity contribution in [1.82, 2.24) is 25.0 Å². The Morgan fingerprint density at radius 1 is 1.17 bits per heavy atom. The van der Waals surface area contributed by atoms with Gasteiger partial charge < -0.3 is 5.32 Å². The third kappa shape index (κ3) is 3.96. The lowest BCUT2D eigenvalue weighted by Crippen LogP contribution is -2.36. The molecule has 3 aromatic rings. The number of aromatic amines is 1. The van der Waals surface area contributed by atoms with Crippen LogP contribution >= 0.6 is 0 Å². The summed E-state index contributed by atoms with van der Waals surface area (Å²) in [7, 11) is 1.82. The van der Waals surface area contributed by atoms with E-state index in [-0.39, 0.29) is 23.5 Å². The summed E-state index contributed by atoms with van der Waals surface area (Å²) in [5.41, 5.74) is 3.52. The van der Waals surface area contributed by atoms with Crippen molar-refractivity contribution in [1.29, 1.82) is 0 Å². The number of carbonyl (C=O) groups excluding carboxylic acids is 2. The molecule has 3 aromatic heterocycles. The molecule has 8 heteroatoms. The highest BCUT2D eigenvalue weighted by Gasteiger charge is 2.36. The molecule has 1 amide bonds. The minimum Gasteiger partial charge on any atom is -0.323 e. The molecule has 0 aliphatic heterocycles. The molecule has 150 valence electrons. The molecule has 0 radical (unpaired) electrons. The summed E-state index contributed by atoms with van der Waals surface area (Å²) in [5, 5.41) is 14.0. The monoisotopic (exact) mass is 392 g/mol. The standard InChI is InChI=1S/C21H24N6O2/c1-13-19(12-27(2)26-13)24-21(29)16-6-4-3-5-15(16)20(28)14-7-8-17(22-11-14)18-9-10-23-25-18/h7-12,15-16H,3-6H2,1-2H3,(H,23,25)(H,24,29)/t15-,16-/m1/s1. The van der Waals surface area contributed by atoms with Crippen LogP contribution in [0.5, 0.6) is 0 Å². The molecular formula is C21H24N6O2. The van der Waals surface area contributed by atoms with E-state index in [9.17, 15) is 9.59 Å². The lowest BCUT2D eigenvalue weighted by molar-refractivity contribution is -0.122. The van der Waals surface area contributed by atoms with Gasteiger partial charge in [-0.2, -0.15) is 10.2 Å². The fraction of sp³-hybridized carbons (Fsp3) is 0.381. The number of H-pyrrole nitrogens is 1. The average Bonchev–Trinajstić information content (AvgIpc) is 3.37. The van der Waals surface area contributed by atoms with E-state index >= 15 is 0 Å². The highest BCUT2D eigenvalue weighted by molar-refractivity contribution is 6.03. The van der Waals surface area contributed by atoms with Gasteiger partial charge in [-0.05, 0) is 38.0 Å². The largest absolute Gasteiger partial charge is 0.323 e. The molecule has 0 aromatic carbocycles. The number of ketones is 1. The van der Waals surface area contributed by atoms with Crippen LogP contribution < -0.4 is 5.32 Å². The van der Waals surface area contributed by atoms with Crippen molar-refractivity contribution in [3.05, 3.63) is 48.0 Å². The number of hydrogen-bond acceptors (Lipinski definition) is 5. The summed E-state index contributed by atoms with van der Waals surface area (Å²) >= 11 is 0. The number of hydrogen-bond donors (Lipinski definition) is 2. The van der Waals surface area contributed by atoms with E-state index in [0.717, 1.165) is 29.9 Å². The van der Waals surface area contributed by atoms with E-state index in [0.29, 0.717) is 24.1 Å². The van der Waals surface area contributed by atoms with Crippen LogP contribution in [-0.4, -0.2) is 36.7 Å². The Morgan fingerprint density at radius 2 is 1.97 bits per heavy atom. The fourth-order valence-electron chi connectivity index (χ4n) is 4.02. The van der Waals surface area contributed by atoms with Crippen LogP contribution in [0.15, 0.2) is 36.8 Å². The maximum Gasteiger partial charge on any atom is 0.228 e. The smallest absolute Gasteiger partial charge is 0.228 e. The number of Topliss-reactive ketones (excluding diaryl/α,β-unsaturated/α-hetero) is 1. The van der Waals surface area contributed by atoms with Gasteiger partial charge >= 0.3 is 0 Å². The van der Waals surface area contributed by atoms with Gasteiger partial charge in [0, 0.05) is 43.0 Å². The Balaban J connectivity index is 1.51. The van der Waals surface area contributed by atoms with Gasteiger partial charge in [0.1, 0.15) is 0 Å². The number of pyridine rings is 1. The maximum atomic E-state index is 13.2. The SMILES string of the molecule is Cc1nn(C)cc1NC(=O)[C@@H]1CCCC[C@H]1C(=O)c1ccc(-c2ccn[nH]2)nc1. The number of aromatic nitrogens is 5.